The van der Waals surface area contributed by atoms with E-state index in [1.165, 1.54) is 55.8 Å². The molecule has 0 atom stereocenters. The fourth-order valence-electron chi connectivity index (χ4n) is 2.36. The Bertz CT molecular complexity index is 956. The molecule has 28 heavy (non-hydrogen) atoms. The lowest BCUT2D eigenvalue weighted by Crippen LogP contribution is -2.11. The summed E-state index contributed by atoms with van der Waals surface area (Å²) in [6.45, 7) is -3.41. The number of aromatic nitrogens is 1. The van der Waals surface area contributed by atoms with Crippen molar-refractivity contribution < 1.29 is 36.6 Å². The molecule has 0 saturated carbocycles. The largest absolute Gasteiger partial charge is 0.493 e. The molecule has 0 N–H and O–H groups in total. The molecule has 9 heteroatoms. The molecule has 1 heterocycles. The van der Waals surface area contributed by atoms with Gasteiger partial charge in [0.2, 0.25) is 5.89 Å². The highest BCUT2D eigenvalue weighted by Crippen LogP contribution is 2.33. The van der Waals surface area contributed by atoms with E-state index in [1.807, 2.05) is 0 Å². The number of ether oxygens (including phenoxy) is 3. The molecule has 0 spiro atoms. The van der Waals surface area contributed by atoms with Crippen LogP contribution in [0, 0.1) is 5.82 Å². The van der Waals surface area contributed by atoms with Gasteiger partial charge in [0, 0.05) is 5.56 Å². The van der Waals surface area contributed by atoms with Gasteiger partial charge in [0.1, 0.15) is 29.9 Å². The van der Waals surface area contributed by atoms with Gasteiger partial charge in [0.25, 0.3) is 0 Å². The second kappa shape index (κ2) is 8.47. The summed E-state index contributed by atoms with van der Waals surface area (Å²) < 4.78 is 58.0. The van der Waals surface area contributed by atoms with Gasteiger partial charge in [-0.2, -0.15) is 8.78 Å². The highest BCUT2D eigenvalue weighted by atomic mass is 19.3. The summed E-state index contributed by atoms with van der Waals surface area (Å²) in [5.74, 6) is -1.54. The van der Waals surface area contributed by atoms with Gasteiger partial charge in [-0.05, 0) is 36.4 Å². The van der Waals surface area contributed by atoms with E-state index in [9.17, 15) is 18.0 Å². The van der Waals surface area contributed by atoms with Crippen LogP contribution < -0.4 is 9.47 Å². The maximum absolute atomic E-state index is 13.0. The molecule has 1 aromatic heterocycles. The summed E-state index contributed by atoms with van der Waals surface area (Å²) in [7, 11) is 1.26. The molecule has 0 fully saturated rings. The van der Waals surface area contributed by atoms with E-state index in [2.05, 4.69) is 9.72 Å². The molecule has 2 aromatic carbocycles. The summed E-state index contributed by atoms with van der Waals surface area (Å²) in [4.78, 5) is 16.4. The number of benzene rings is 2. The number of nitrogens with zero attached hydrogens (tertiary/aromatic N) is 1. The number of carbonyl (C=O) groups is 1. The molecule has 0 bridgehead atoms. The molecule has 0 amide bonds. The van der Waals surface area contributed by atoms with Gasteiger partial charge in [-0.15, -0.1) is 0 Å². The smallest absolute Gasteiger partial charge is 0.387 e. The minimum Gasteiger partial charge on any atom is -0.493 e. The molecule has 0 saturated heterocycles. The minimum atomic E-state index is -3.14. The number of alkyl halides is 2. The van der Waals surface area contributed by atoms with Gasteiger partial charge in [0.15, 0.2) is 11.5 Å². The summed E-state index contributed by atoms with van der Waals surface area (Å²) >= 11 is 0. The van der Waals surface area contributed by atoms with Crippen LogP contribution in [0.3, 0.4) is 0 Å². The van der Waals surface area contributed by atoms with Crippen LogP contribution in [0.4, 0.5) is 13.2 Å². The van der Waals surface area contributed by atoms with Crippen LogP contribution in [0.5, 0.6) is 11.5 Å². The van der Waals surface area contributed by atoms with Crippen LogP contribution in [0.25, 0.3) is 11.5 Å². The number of esters is 1. The summed E-state index contributed by atoms with van der Waals surface area (Å²) in [5.41, 5.74) is 0.605. The summed E-state index contributed by atoms with van der Waals surface area (Å²) in [6, 6.07) is 9.58. The van der Waals surface area contributed by atoms with Crippen molar-refractivity contribution in [1.82, 2.24) is 4.98 Å². The van der Waals surface area contributed by atoms with Crippen molar-refractivity contribution in [1.29, 1.82) is 0 Å². The highest BCUT2D eigenvalue weighted by molar-refractivity contribution is 5.93. The standard InChI is InChI=1S/C19H14F3NO5/c1-25-15-4-2-3-14(16(15)28-19(21)22)18(24)27-10-13-9-26-17(23-13)11-5-7-12(20)8-6-11/h2-9,19H,10H2,1H3. The van der Waals surface area contributed by atoms with E-state index in [1.54, 1.807) is 0 Å². The Morgan fingerprint density at radius 1 is 1.18 bits per heavy atom. The van der Waals surface area contributed by atoms with Crippen LogP contribution in [0.1, 0.15) is 16.1 Å². The molecule has 3 rings (SSSR count). The first-order chi connectivity index (χ1) is 13.5. The first-order valence-corrected chi connectivity index (χ1v) is 7.97. The fraction of sp³-hybridized carbons (Fsp3) is 0.158. The molecule has 6 nitrogen and oxygen atoms in total. The molecule has 3 aromatic rings. The topological polar surface area (TPSA) is 70.8 Å². The summed E-state index contributed by atoms with van der Waals surface area (Å²) in [5, 5.41) is 0. The van der Waals surface area contributed by atoms with Crippen molar-refractivity contribution in [3.63, 3.8) is 0 Å². The van der Waals surface area contributed by atoms with Crippen LogP contribution in [-0.2, 0) is 11.3 Å². The maximum Gasteiger partial charge on any atom is 0.387 e. The van der Waals surface area contributed by atoms with Crippen molar-refractivity contribution in [2.45, 2.75) is 13.2 Å². The fourth-order valence-corrected chi connectivity index (χ4v) is 2.36. The Hall–Kier alpha value is -3.49. The zero-order chi connectivity index (χ0) is 20.1. The van der Waals surface area contributed by atoms with Crippen LogP contribution in [0.15, 0.2) is 53.1 Å². The second-order valence-corrected chi connectivity index (χ2v) is 5.44. The third-order valence-electron chi connectivity index (χ3n) is 3.62. The number of methoxy groups -OCH3 is 1. The van der Waals surface area contributed by atoms with E-state index in [-0.39, 0.29) is 29.5 Å². The lowest BCUT2D eigenvalue weighted by atomic mass is 10.2. The first kappa shape index (κ1) is 19.3. The Kier molecular flexibility index (Phi) is 5.83. The van der Waals surface area contributed by atoms with Crippen molar-refractivity contribution >= 4 is 5.97 Å². The number of carbonyl (C=O) groups excluding carboxylic acids is 1. The molecular weight excluding hydrogens is 379 g/mol. The average Bonchev–Trinajstić information content (AvgIpc) is 3.15. The Morgan fingerprint density at radius 2 is 1.93 bits per heavy atom. The predicted octanol–water partition coefficient (Wildman–Crippen LogP) is 4.45. The molecular formula is C19H14F3NO5. The number of para-hydroxylation sites is 1. The number of rotatable bonds is 7. The third-order valence-corrected chi connectivity index (χ3v) is 3.62. The van der Waals surface area contributed by atoms with Gasteiger partial charge < -0.3 is 18.6 Å². The minimum absolute atomic E-state index is 0.0326. The van der Waals surface area contributed by atoms with Crippen molar-refractivity contribution in [2.75, 3.05) is 7.11 Å². The number of hydrogen-bond donors (Lipinski definition) is 0. The number of halogens is 3. The molecule has 0 unspecified atom stereocenters. The highest BCUT2D eigenvalue weighted by Gasteiger charge is 2.22. The van der Waals surface area contributed by atoms with Gasteiger partial charge in [0.05, 0.1) is 7.11 Å². The normalized spacial score (nSPS) is 10.8. The molecule has 0 aliphatic rings. The molecule has 0 aliphatic carbocycles. The predicted molar refractivity (Wildman–Crippen MR) is 90.6 cm³/mol. The van der Waals surface area contributed by atoms with E-state index < -0.39 is 24.1 Å². The van der Waals surface area contributed by atoms with E-state index in [0.29, 0.717) is 5.56 Å². The molecule has 0 radical (unpaired) electrons. The quantitative estimate of drug-likeness (QED) is 0.553. The van der Waals surface area contributed by atoms with Crippen LogP contribution in [0.2, 0.25) is 0 Å². The van der Waals surface area contributed by atoms with Crippen molar-refractivity contribution in [2.24, 2.45) is 0 Å². The zero-order valence-corrected chi connectivity index (χ0v) is 14.5. The van der Waals surface area contributed by atoms with Gasteiger partial charge >= 0.3 is 12.6 Å². The van der Waals surface area contributed by atoms with E-state index >= 15 is 0 Å². The Balaban J connectivity index is 1.72. The van der Waals surface area contributed by atoms with Crippen LogP contribution in [-0.4, -0.2) is 24.7 Å². The third kappa shape index (κ3) is 4.43. The van der Waals surface area contributed by atoms with E-state index in [0.717, 1.165) is 0 Å². The van der Waals surface area contributed by atoms with E-state index in [4.69, 9.17) is 13.9 Å². The lowest BCUT2D eigenvalue weighted by molar-refractivity contribution is -0.0518. The Morgan fingerprint density at radius 3 is 2.61 bits per heavy atom. The number of oxazole rings is 1. The van der Waals surface area contributed by atoms with Gasteiger partial charge in [-0.1, -0.05) is 6.07 Å². The van der Waals surface area contributed by atoms with Crippen molar-refractivity contribution in [3.05, 3.63) is 65.8 Å². The zero-order valence-electron chi connectivity index (χ0n) is 14.5. The Labute approximate surface area is 157 Å². The molecule has 146 valence electrons. The first-order valence-electron chi connectivity index (χ1n) is 7.97. The monoisotopic (exact) mass is 393 g/mol. The lowest BCUT2D eigenvalue weighted by Gasteiger charge is -2.13. The second-order valence-electron chi connectivity index (χ2n) is 5.44. The average molecular weight is 393 g/mol. The van der Waals surface area contributed by atoms with Crippen LogP contribution >= 0.6 is 0 Å². The SMILES string of the molecule is COc1cccc(C(=O)OCc2coc(-c3ccc(F)cc3)n2)c1OC(F)F. The van der Waals surface area contributed by atoms with Crippen molar-refractivity contribution in [3.8, 4) is 23.0 Å². The number of hydrogen-bond acceptors (Lipinski definition) is 6. The van der Waals surface area contributed by atoms with Gasteiger partial charge in [-0.3, -0.25) is 0 Å². The molecule has 0 aliphatic heterocycles. The maximum atomic E-state index is 13.0. The van der Waals surface area contributed by atoms with Gasteiger partial charge in [-0.25, -0.2) is 14.2 Å². The summed E-state index contributed by atoms with van der Waals surface area (Å²) in [6.07, 6.45) is 1.27.